The molecule has 1 atom stereocenters. The van der Waals surface area contributed by atoms with E-state index in [1.54, 1.807) is 6.20 Å². The molecule has 1 N–H and O–H groups in total. The van der Waals surface area contributed by atoms with Gasteiger partial charge in [-0.3, -0.25) is 9.97 Å². The topological polar surface area (TPSA) is 66.8 Å². The molecule has 1 aromatic carbocycles. The number of benzene rings is 1. The van der Waals surface area contributed by atoms with Crippen LogP contribution in [0.3, 0.4) is 0 Å². The number of rotatable bonds is 4. The lowest BCUT2D eigenvalue weighted by Gasteiger charge is -2.35. The first kappa shape index (κ1) is 18.6. The van der Waals surface area contributed by atoms with Gasteiger partial charge in [0.1, 0.15) is 5.82 Å². The van der Waals surface area contributed by atoms with Crippen LogP contribution in [0, 0.1) is 5.92 Å². The van der Waals surface area contributed by atoms with Crippen molar-refractivity contribution in [1.82, 2.24) is 24.6 Å². The molecule has 2 aliphatic rings. The van der Waals surface area contributed by atoms with Crippen LogP contribution in [0.5, 0.6) is 0 Å². The Morgan fingerprint density at radius 2 is 1.90 bits per heavy atom. The predicted molar refractivity (Wildman–Crippen MR) is 114 cm³/mol. The Balaban J connectivity index is 1.37. The summed E-state index contributed by atoms with van der Waals surface area (Å²) in [4.78, 5) is 22.8. The van der Waals surface area contributed by atoms with E-state index in [4.69, 9.17) is 5.10 Å². The fraction of sp³-hybridized carbons (Fsp3) is 0.522. The highest BCUT2D eigenvalue weighted by atomic mass is 16.1. The van der Waals surface area contributed by atoms with Gasteiger partial charge in [-0.05, 0) is 50.3 Å². The molecule has 0 spiro atoms. The van der Waals surface area contributed by atoms with E-state index in [9.17, 15) is 4.79 Å². The number of piperidine rings is 1. The van der Waals surface area contributed by atoms with E-state index in [0.717, 1.165) is 41.3 Å². The van der Waals surface area contributed by atoms with E-state index in [0.29, 0.717) is 5.92 Å². The average molecular weight is 392 g/mol. The number of likely N-dealkylation sites (tertiary alicyclic amines) is 1. The summed E-state index contributed by atoms with van der Waals surface area (Å²) in [6, 6.07) is 9.79. The zero-order valence-corrected chi connectivity index (χ0v) is 16.9. The Kier molecular flexibility index (Phi) is 5.19. The van der Waals surface area contributed by atoms with Gasteiger partial charge in [0.2, 0.25) is 0 Å². The number of hydrogen-bond acceptors (Lipinski definition) is 4. The van der Waals surface area contributed by atoms with Crippen molar-refractivity contribution in [3.8, 4) is 5.69 Å². The van der Waals surface area contributed by atoms with Crippen LogP contribution in [0.4, 0.5) is 0 Å². The van der Waals surface area contributed by atoms with E-state index in [2.05, 4.69) is 14.9 Å². The van der Waals surface area contributed by atoms with Crippen LogP contribution in [0.25, 0.3) is 16.6 Å². The van der Waals surface area contributed by atoms with E-state index in [1.165, 1.54) is 56.3 Å². The lowest BCUT2D eigenvalue weighted by molar-refractivity contribution is 0.158. The molecule has 5 rings (SSSR count). The molecular formula is C23H29N5O. The van der Waals surface area contributed by atoms with Crippen molar-refractivity contribution in [2.24, 2.45) is 5.92 Å². The standard InChI is InChI=1S/C23H29N5O/c29-23-25-22(19-11-6-14-27(16-19)15-17-7-2-1-3-8-17)26-28(23)20-12-4-9-18-10-5-13-24-21(18)20/h4-5,9-10,12-13,17,19H,1-3,6-8,11,14-16H2,(H,25,26,29). The number of para-hydroxylation sites is 1. The van der Waals surface area contributed by atoms with Crippen LogP contribution in [0.15, 0.2) is 41.3 Å². The number of H-pyrrole nitrogens is 1. The molecule has 0 amide bonds. The molecule has 2 fully saturated rings. The van der Waals surface area contributed by atoms with Gasteiger partial charge in [-0.1, -0.05) is 37.5 Å². The lowest BCUT2D eigenvalue weighted by Crippen LogP contribution is -2.38. The maximum absolute atomic E-state index is 12.7. The van der Waals surface area contributed by atoms with Crippen molar-refractivity contribution in [3.63, 3.8) is 0 Å². The van der Waals surface area contributed by atoms with Gasteiger partial charge < -0.3 is 4.90 Å². The minimum atomic E-state index is -0.178. The van der Waals surface area contributed by atoms with Crippen molar-refractivity contribution >= 4 is 10.9 Å². The molecule has 152 valence electrons. The number of nitrogens with zero attached hydrogens (tertiary/aromatic N) is 4. The molecule has 6 heteroatoms. The molecule has 2 aromatic heterocycles. The Morgan fingerprint density at radius 3 is 2.79 bits per heavy atom. The van der Waals surface area contributed by atoms with Gasteiger partial charge in [0, 0.05) is 30.6 Å². The van der Waals surface area contributed by atoms with Crippen LogP contribution < -0.4 is 5.69 Å². The molecule has 1 aliphatic heterocycles. The molecule has 6 nitrogen and oxygen atoms in total. The third-order valence-electron chi connectivity index (χ3n) is 6.61. The largest absolute Gasteiger partial charge is 0.348 e. The number of nitrogens with one attached hydrogen (secondary N) is 1. The van der Waals surface area contributed by atoms with Gasteiger partial charge in [-0.15, -0.1) is 5.10 Å². The SMILES string of the molecule is O=c1[nH]c(C2CCCN(CC3CCCCC3)C2)nn1-c1cccc2cccnc12. The van der Waals surface area contributed by atoms with E-state index in [-0.39, 0.29) is 5.69 Å². The Morgan fingerprint density at radius 1 is 1.03 bits per heavy atom. The Bertz CT molecular complexity index is 1030. The zero-order valence-electron chi connectivity index (χ0n) is 16.9. The van der Waals surface area contributed by atoms with E-state index in [1.807, 2.05) is 30.3 Å². The Hall–Kier alpha value is -2.47. The van der Waals surface area contributed by atoms with E-state index >= 15 is 0 Å². The molecule has 0 bridgehead atoms. The number of pyridine rings is 1. The predicted octanol–water partition coefficient (Wildman–Crippen LogP) is 3.87. The molecule has 1 saturated heterocycles. The number of fused-ring (bicyclic) bond motifs is 1. The molecule has 0 radical (unpaired) electrons. The van der Waals surface area contributed by atoms with Gasteiger partial charge >= 0.3 is 5.69 Å². The third kappa shape index (κ3) is 3.86. The summed E-state index contributed by atoms with van der Waals surface area (Å²) in [5.74, 6) is 1.96. The minimum absolute atomic E-state index is 0.178. The minimum Gasteiger partial charge on any atom is -0.302 e. The zero-order chi connectivity index (χ0) is 19.6. The third-order valence-corrected chi connectivity index (χ3v) is 6.61. The van der Waals surface area contributed by atoms with Crippen molar-refractivity contribution < 1.29 is 0 Å². The Labute approximate surface area is 171 Å². The smallest absolute Gasteiger partial charge is 0.302 e. The second kappa shape index (κ2) is 8.11. The van der Waals surface area contributed by atoms with Crippen LogP contribution >= 0.6 is 0 Å². The highest BCUT2D eigenvalue weighted by Crippen LogP contribution is 2.29. The van der Waals surface area contributed by atoms with Gasteiger partial charge in [-0.2, -0.15) is 4.68 Å². The maximum Gasteiger partial charge on any atom is 0.348 e. The van der Waals surface area contributed by atoms with Crippen molar-refractivity contribution in [3.05, 3.63) is 52.8 Å². The van der Waals surface area contributed by atoms with Crippen LogP contribution in [0.2, 0.25) is 0 Å². The summed E-state index contributed by atoms with van der Waals surface area (Å²) in [6.45, 7) is 3.37. The fourth-order valence-corrected chi connectivity index (χ4v) is 5.13. The van der Waals surface area contributed by atoms with Crippen molar-refractivity contribution in [2.45, 2.75) is 50.9 Å². The summed E-state index contributed by atoms with van der Waals surface area (Å²) < 4.78 is 1.49. The van der Waals surface area contributed by atoms with Gasteiger partial charge in [0.25, 0.3) is 0 Å². The second-order valence-electron chi connectivity index (χ2n) is 8.68. The first-order chi connectivity index (χ1) is 14.3. The molecule has 1 unspecified atom stereocenters. The molecule has 1 saturated carbocycles. The summed E-state index contributed by atoms with van der Waals surface area (Å²) in [5, 5.41) is 5.73. The highest BCUT2D eigenvalue weighted by Gasteiger charge is 2.27. The first-order valence-corrected chi connectivity index (χ1v) is 11.0. The van der Waals surface area contributed by atoms with Crippen molar-refractivity contribution in [2.75, 3.05) is 19.6 Å². The lowest BCUT2D eigenvalue weighted by atomic mass is 9.88. The maximum atomic E-state index is 12.7. The van der Waals surface area contributed by atoms with Gasteiger partial charge in [-0.25, -0.2) is 4.79 Å². The average Bonchev–Trinajstić information content (AvgIpc) is 3.16. The summed E-state index contributed by atoms with van der Waals surface area (Å²) in [5.41, 5.74) is 1.37. The molecule has 29 heavy (non-hydrogen) atoms. The monoisotopic (exact) mass is 391 g/mol. The summed E-state index contributed by atoms with van der Waals surface area (Å²) in [7, 11) is 0. The molecular weight excluding hydrogens is 362 g/mol. The van der Waals surface area contributed by atoms with Crippen molar-refractivity contribution in [1.29, 1.82) is 0 Å². The van der Waals surface area contributed by atoms with Gasteiger partial charge in [0.15, 0.2) is 0 Å². The van der Waals surface area contributed by atoms with Crippen LogP contribution in [-0.2, 0) is 0 Å². The first-order valence-electron chi connectivity index (χ1n) is 11.0. The molecule has 3 aromatic rings. The van der Waals surface area contributed by atoms with E-state index < -0.39 is 0 Å². The number of aromatic nitrogens is 4. The fourth-order valence-electron chi connectivity index (χ4n) is 5.13. The second-order valence-corrected chi connectivity index (χ2v) is 8.68. The van der Waals surface area contributed by atoms with Crippen LogP contribution in [0.1, 0.15) is 56.7 Å². The van der Waals surface area contributed by atoms with Crippen LogP contribution in [-0.4, -0.2) is 44.3 Å². The molecule has 3 heterocycles. The number of aromatic amines is 1. The normalized spacial score (nSPS) is 21.6. The van der Waals surface area contributed by atoms with Gasteiger partial charge in [0.05, 0.1) is 11.2 Å². The number of hydrogen-bond donors (Lipinski definition) is 1. The highest BCUT2D eigenvalue weighted by molar-refractivity contribution is 5.85. The summed E-state index contributed by atoms with van der Waals surface area (Å²) in [6.07, 6.45) is 10.9. The molecule has 1 aliphatic carbocycles. The summed E-state index contributed by atoms with van der Waals surface area (Å²) >= 11 is 0. The quantitative estimate of drug-likeness (QED) is 0.733.